The highest BCUT2D eigenvalue weighted by atomic mass is 32.2. The molecule has 1 aliphatic heterocycles. The summed E-state index contributed by atoms with van der Waals surface area (Å²) in [5.74, 6) is 0.169. The van der Waals surface area contributed by atoms with Gasteiger partial charge in [-0.15, -0.1) is 0 Å². The number of ether oxygens (including phenoxy) is 2. The van der Waals surface area contributed by atoms with Crippen LogP contribution in [0.5, 0.6) is 5.75 Å². The molecule has 2 rings (SSSR count). The Morgan fingerprint density at radius 2 is 1.60 bits per heavy atom. The molecule has 0 spiro atoms. The monoisotopic (exact) mass is 392 g/mol. The molecule has 8 nitrogen and oxygen atoms in total. The number of rotatable bonds is 7. The van der Waals surface area contributed by atoms with Crippen molar-refractivity contribution in [2.75, 3.05) is 52.8 Å². The number of methoxy groups -OCH3 is 2. The summed E-state index contributed by atoms with van der Waals surface area (Å²) in [6.07, 6.45) is 0. The van der Waals surface area contributed by atoms with Gasteiger partial charge < -0.3 is 9.47 Å². The molecular formula is C15H24N2O6S2. The summed E-state index contributed by atoms with van der Waals surface area (Å²) in [6, 6.07) is 4.96. The molecule has 0 aliphatic carbocycles. The fourth-order valence-electron chi connectivity index (χ4n) is 2.63. The van der Waals surface area contributed by atoms with Crippen molar-refractivity contribution in [2.45, 2.75) is 11.8 Å². The first-order chi connectivity index (χ1) is 11.7. The van der Waals surface area contributed by atoms with Crippen LogP contribution in [0.2, 0.25) is 0 Å². The Balaban J connectivity index is 2.16. The van der Waals surface area contributed by atoms with E-state index in [0.717, 1.165) is 5.56 Å². The van der Waals surface area contributed by atoms with Crippen LogP contribution in [-0.4, -0.2) is 78.2 Å². The maximum Gasteiger partial charge on any atom is 0.246 e. The van der Waals surface area contributed by atoms with Crippen LogP contribution in [0.15, 0.2) is 23.1 Å². The van der Waals surface area contributed by atoms with Crippen LogP contribution in [0, 0.1) is 6.92 Å². The van der Waals surface area contributed by atoms with E-state index in [0.29, 0.717) is 0 Å². The minimum Gasteiger partial charge on any atom is -0.495 e. The van der Waals surface area contributed by atoms with E-state index in [4.69, 9.17) is 9.47 Å². The molecule has 0 N–H and O–H groups in total. The number of hydrogen-bond donors (Lipinski definition) is 0. The first kappa shape index (κ1) is 20.1. The Labute approximate surface area is 149 Å². The second-order valence-electron chi connectivity index (χ2n) is 5.77. The Morgan fingerprint density at radius 3 is 2.16 bits per heavy atom. The third-order valence-electron chi connectivity index (χ3n) is 4.07. The molecule has 142 valence electrons. The van der Waals surface area contributed by atoms with E-state index in [2.05, 4.69) is 0 Å². The van der Waals surface area contributed by atoms with Crippen LogP contribution in [0.25, 0.3) is 0 Å². The van der Waals surface area contributed by atoms with E-state index in [-0.39, 0.29) is 49.2 Å². The highest BCUT2D eigenvalue weighted by Crippen LogP contribution is 2.28. The Bertz CT molecular complexity index is 799. The Kier molecular flexibility index (Phi) is 6.44. The summed E-state index contributed by atoms with van der Waals surface area (Å²) in [7, 11) is -4.33. The fraction of sp³-hybridized carbons (Fsp3) is 0.600. The molecule has 0 unspecified atom stereocenters. The molecule has 0 saturated carbocycles. The van der Waals surface area contributed by atoms with Crippen molar-refractivity contribution in [2.24, 2.45) is 0 Å². The number of hydrogen-bond acceptors (Lipinski definition) is 6. The first-order valence-electron chi connectivity index (χ1n) is 7.84. The highest BCUT2D eigenvalue weighted by Gasteiger charge is 2.34. The number of sulfonamides is 2. The average molecular weight is 392 g/mol. The van der Waals surface area contributed by atoms with Crippen molar-refractivity contribution < 1.29 is 26.3 Å². The summed E-state index contributed by atoms with van der Waals surface area (Å²) >= 11 is 0. The molecule has 0 radical (unpaired) electrons. The van der Waals surface area contributed by atoms with E-state index in [1.807, 2.05) is 0 Å². The van der Waals surface area contributed by atoms with Gasteiger partial charge in [0.05, 0.1) is 19.5 Å². The maximum absolute atomic E-state index is 12.9. The van der Waals surface area contributed by atoms with Gasteiger partial charge in [-0.05, 0) is 24.6 Å². The third kappa shape index (κ3) is 4.50. The van der Waals surface area contributed by atoms with Crippen LogP contribution in [0.3, 0.4) is 0 Å². The first-order valence-corrected chi connectivity index (χ1v) is 10.9. The van der Waals surface area contributed by atoms with Gasteiger partial charge in [0.2, 0.25) is 20.0 Å². The van der Waals surface area contributed by atoms with E-state index < -0.39 is 20.0 Å². The number of aryl methyl sites for hydroxylation is 1. The van der Waals surface area contributed by atoms with E-state index in [1.165, 1.54) is 22.8 Å². The molecule has 1 fully saturated rings. The normalized spacial score (nSPS) is 17.6. The lowest BCUT2D eigenvalue weighted by atomic mass is 10.2. The van der Waals surface area contributed by atoms with Gasteiger partial charge in [-0.25, -0.2) is 16.8 Å². The van der Waals surface area contributed by atoms with Gasteiger partial charge in [-0.1, -0.05) is 6.07 Å². The van der Waals surface area contributed by atoms with Crippen molar-refractivity contribution in [3.8, 4) is 5.75 Å². The van der Waals surface area contributed by atoms with Crippen LogP contribution in [-0.2, 0) is 24.8 Å². The van der Waals surface area contributed by atoms with Gasteiger partial charge in [-0.2, -0.15) is 8.61 Å². The average Bonchev–Trinajstić information content (AvgIpc) is 2.60. The molecule has 1 aromatic rings. The summed E-state index contributed by atoms with van der Waals surface area (Å²) in [6.45, 7) is 2.37. The van der Waals surface area contributed by atoms with Gasteiger partial charge in [0.15, 0.2) is 0 Å². The number of nitrogens with zero attached hydrogens (tertiary/aromatic N) is 2. The molecule has 0 bridgehead atoms. The maximum atomic E-state index is 12.9. The minimum atomic E-state index is -3.75. The molecule has 25 heavy (non-hydrogen) atoms. The zero-order valence-corrected chi connectivity index (χ0v) is 16.3. The molecule has 0 aromatic heterocycles. The van der Waals surface area contributed by atoms with Crippen LogP contribution in [0.4, 0.5) is 0 Å². The zero-order chi connectivity index (χ0) is 18.7. The molecule has 1 aliphatic rings. The largest absolute Gasteiger partial charge is 0.495 e. The molecular weight excluding hydrogens is 368 g/mol. The lowest BCUT2D eigenvalue weighted by molar-refractivity contribution is 0.213. The molecule has 0 amide bonds. The topological polar surface area (TPSA) is 93.2 Å². The summed E-state index contributed by atoms with van der Waals surface area (Å²) in [5, 5.41) is 0. The number of benzene rings is 1. The van der Waals surface area contributed by atoms with E-state index >= 15 is 0 Å². The minimum absolute atomic E-state index is 0.102. The number of piperazine rings is 1. The van der Waals surface area contributed by atoms with Gasteiger partial charge in [-0.3, -0.25) is 0 Å². The Hall–Kier alpha value is -1.20. The second kappa shape index (κ2) is 8.00. The lowest BCUT2D eigenvalue weighted by Crippen LogP contribution is -2.51. The smallest absolute Gasteiger partial charge is 0.246 e. The van der Waals surface area contributed by atoms with E-state index in [9.17, 15) is 16.8 Å². The van der Waals surface area contributed by atoms with Crippen molar-refractivity contribution in [3.63, 3.8) is 0 Å². The fourth-order valence-corrected chi connectivity index (χ4v) is 5.65. The SMILES string of the molecule is COCCS(=O)(=O)N1CCN(S(=O)(=O)c2cc(C)ccc2OC)CC1. The van der Waals surface area contributed by atoms with Gasteiger partial charge in [0, 0.05) is 33.3 Å². The molecule has 1 aromatic carbocycles. The van der Waals surface area contributed by atoms with Crippen LogP contribution in [0.1, 0.15) is 5.56 Å². The molecule has 10 heteroatoms. The van der Waals surface area contributed by atoms with Crippen molar-refractivity contribution in [3.05, 3.63) is 23.8 Å². The van der Waals surface area contributed by atoms with Gasteiger partial charge in [0.1, 0.15) is 10.6 Å². The van der Waals surface area contributed by atoms with Gasteiger partial charge >= 0.3 is 0 Å². The third-order valence-corrected chi connectivity index (χ3v) is 7.83. The quantitative estimate of drug-likeness (QED) is 0.662. The van der Waals surface area contributed by atoms with E-state index in [1.54, 1.807) is 25.1 Å². The molecule has 0 atom stereocenters. The standard InChI is InChI=1S/C15H24N2O6S2/c1-13-4-5-14(23-3)15(12-13)25(20,21)17-8-6-16(7-9-17)24(18,19)11-10-22-2/h4-5,12H,6-11H2,1-3H3. The molecule has 1 heterocycles. The van der Waals surface area contributed by atoms with Crippen molar-refractivity contribution >= 4 is 20.0 Å². The summed E-state index contributed by atoms with van der Waals surface area (Å²) < 4.78 is 62.8. The predicted octanol–water partition coefficient (Wildman–Crippen LogP) is 0.286. The highest BCUT2D eigenvalue weighted by molar-refractivity contribution is 7.89. The van der Waals surface area contributed by atoms with Crippen LogP contribution >= 0.6 is 0 Å². The lowest BCUT2D eigenvalue weighted by Gasteiger charge is -2.33. The summed E-state index contributed by atoms with van der Waals surface area (Å²) in [4.78, 5) is 0.102. The Morgan fingerprint density at radius 1 is 1.00 bits per heavy atom. The van der Waals surface area contributed by atoms with Crippen molar-refractivity contribution in [1.29, 1.82) is 0 Å². The second-order valence-corrected chi connectivity index (χ2v) is 9.76. The van der Waals surface area contributed by atoms with Crippen LogP contribution < -0.4 is 4.74 Å². The zero-order valence-electron chi connectivity index (χ0n) is 14.6. The summed E-state index contributed by atoms with van der Waals surface area (Å²) in [5.41, 5.74) is 0.806. The van der Waals surface area contributed by atoms with Gasteiger partial charge in [0.25, 0.3) is 0 Å². The predicted molar refractivity (Wildman–Crippen MR) is 93.7 cm³/mol. The van der Waals surface area contributed by atoms with Crippen molar-refractivity contribution in [1.82, 2.24) is 8.61 Å². The molecule has 1 saturated heterocycles.